The van der Waals surface area contributed by atoms with Crippen LogP contribution < -0.4 is 16.6 Å². The van der Waals surface area contributed by atoms with E-state index >= 15 is 0 Å². The Kier molecular flexibility index (Phi) is 3.43. The van der Waals surface area contributed by atoms with Crippen molar-refractivity contribution in [3.63, 3.8) is 0 Å². The highest BCUT2D eigenvalue weighted by molar-refractivity contribution is 7.91. The van der Waals surface area contributed by atoms with Crippen molar-refractivity contribution in [3.05, 3.63) is 17.8 Å². The molecule has 1 fully saturated rings. The number of aromatic nitrogens is 2. The Morgan fingerprint density at radius 1 is 1.39 bits per heavy atom. The third kappa shape index (κ3) is 2.93. The van der Waals surface area contributed by atoms with E-state index in [1.807, 2.05) is 0 Å². The van der Waals surface area contributed by atoms with Crippen LogP contribution in [-0.2, 0) is 9.84 Å². The summed E-state index contributed by atoms with van der Waals surface area (Å²) in [5.41, 5.74) is 2.42. The van der Waals surface area contributed by atoms with E-state index in [0.717, 1.165) is 0 Å². The minimum atomic E-state index is -3.01. The van der Waals surface area contributed by atoms with E-state index in [-0.39, 0.29) is 23.2 Å². The predicted octanol–water partition coefficient (Wildman–Crippen LogP) is -1.32. The third-order valence-electron chi connectivity index (χ3n) is 2.61. The molecule has 8 nitrogen and oxygen atoms in total. The molecule has 2 heterocycles. The van der Waals surface area contributed by atoms with Crippen molar-refractivity contribution in [1.29, 1.82) is 0 Å². The highest BCUT2D eigenvalue weighted by atomic mass is 32.2. The number of anilines is 1. The first-order chi connectivity index (χ1) is 8.50. The molecule has 2 rings (SSSR count). The van der Waals surface area contributed by atoms with Gasteiger partial charge in [-0.25, -0.2) is 14.3 Å². The monoisotopic (exact) mass is 271 g/mol. The van der Waals surface area contributed by atoms with Gasteiger partial charge in [-0.1, -0.05) is 0 Å². The fourth-order valence-corrected chi connectivity index (χ4v) is 3.37. The van der Waals surface area contributed by atoms with Gasteiger partial charge in [0.2, 0.25) is 0 Å². The SMILES string of the molecule is NNc1ccc(C(=O)NC2CCS(=O)(=O)C2)nn1. The lowest BCUT2D eigenvalue weighted by molar-refractivity contribution is 0.0935. The summed E-state index contributed by atoms with van der Waals surface area (Å²) in [5, 5.41) is 9.95. The summed E-state index contributed by atoms with van der Waals surface area (Å²) in [4.78, 5) is 11.8. The van der Waals surface area contributed by atoms with Gasteiger partial charge in [0.05, 0.1) is 11.5 Å². The molecule has 1 saturated heterocycles. The molecule has 98 valence electrons. The molecule has 18 heavy (non-hydrogen) atoms. The highest BCUT2D eigenvalue weighted by Gasteiger charge is 2.29. The van der Waals surface area contributed by atoms with Gasteiger partial charge in [-0.3, -0.25) is 4.79 Å². The third-order valence-corrected chi connectivity index (χ3v) is 4.38. The largest absolute Gasteiger partial charge is 0.347 e. The van der Waals surface area contributed by atoms with Crippen LogP contribution in [0.3, 0.4) is 0 Å². The molecule has 1 aromatic heterocycles. The zero-order chi connectivity index (χ0) is 13.2. The number of nitrogens with zero attached hydrogens (tertiary/aromatic N) is 2. The maximum Gasteiger partial charge on any atom is 0.272 e. The van der Waals surface area contributed by atoms with Crippen LogP contribution >= 0.6 is 0 Å². The molecule has 0 saturated carbocycles. The Bertz CT molecular complexity index is 542. The molecule has 9 heteroatoms. The number of nitrogens with one attached hydrogen (secondary N) is 2. The number of hydrazine groups is 1. The number of sulfone groups is 1. The summed E-state index contributed by atoms with van der Waals surface area (Å²) in [6.07, 6.45) is 0.434. The number of amides is 1. The molecular formula is C9H13N5O3S. The summed E-state index contributed by atoms with van der Waals surface area (Å²) in [6.45, 7) is 0. The van der Waals surface area contributed by atoms with Gasteiger partial charge in [0.15, 0.2) is 21.3 Å². The van der Waals surface area contributed by atoms with Gasteiger partial charge in [-0.2, -0.15) is 0 Å². The number of nitrogen functional groups attached to an aromatic ring is 1. The van der Waals surface area contributed by atoms with Crippen molar-refractivity contribution in [2.75, 3.05) is 16.9 Å². The minimum absolute atomic E-state index is 0.0192. The smallest absolute Gasteiger partial charge is 0.272 e. The number of hydrogen-bond acceptors (Lipinski definition) is 7. The average molecular weight is 271 g/mol. The van der Waals surface area contributed by atoms with Crippen molar-refractivity contribution in [2.45, 2.75) is 12.5 Å². The van der Waals surface area contributed by atoms with Crippen molar-refractivity contribution in [3.8, 4) is 0 Å². The van der Waals surface area contributed by atoms with Gasteiger partial charge in [0.1, 0.15) is 0 Å². The lowest BCUT2D eigenvalue weighted by atomic mass is 10.2. The van der Waals surface area contributed by atoms with E-state index in [1.165, 1.54) is 12.1 Å². The number of hydrogen-bond donors (Lipinski definition) is 3. The fraction of sp³-hybridized carbons (Fsp3) is 0.444. The lowest BCUT2D eigenvalue weighted by Gasteiger charge is -2.09. The predicted molar refractivity (Wildman–Crippen MR) is 64.4 cm³/mol. The Morgan fingerprint density at radius 2 is 2.17 bits per heavy atom. The van der Waals surface area contributed by atoms with Crippen molar-refractivity contribution < 1.29 is 13.2 Å². The summed E-state index contributed by atoms with van der Waals surface area (Å²) >= 11 is 0. The van der Waals surface area contributed by atoms with Gasteiger partial charge in [-0.15, -0.1) is 10.2 Å². The minimum Gasteiger partial charge on any atom is -0.347 e. The van der Waals surface area contributed by atoms with Crippen molar-refractivity contribution in [1.82, 2.24) is 15.5 Å². The van der Waals surface area contributed by atoms with E-state index < -0.39 is 15.7 Å². The zero-order valence-electron chi connectivity index (χ0n) is 9.46. The standard InChI is InChI=1S/C9H13N5O3S/c10-12-8-2-1-7(13-14-8)9(15)11-6-3-4-18(16,17)5-6/h1-2,6H,3-5,10H2,(H,11,15)(H,12,14). The molecular weight excluding hydrogens is 258 g/mol. The van der Waals surface area contributed by atoms with Gasteiger partial charge < -0.3 is 10.7 Å². The second-order valence-corrected chi connectivity index (χ2v) is 6.25. The summed E-state index contributed by atoms with van der Waals surface area (Å²) < 4.78 is 22.5. The second kappa shape index (κ2) is 4.86. The molecule has 4 N–H and O–H groups in total. The molecule has 0 aliphatic carbocycles. The van der Waals surface area contributed by atoms with Crippen LogP contribution in [0.15, 0.2) is 12.1 Å². The number of carbonyl (C=O) groups is 1. The van der Waals surface area contributed by atoms with Crippen molar-refractivity contribution in [2.24, 2.45) is 5.84 Å². The number of nitrogens with two attached hydrogens (primary N) is 1. The van der Waals surface area contributed by atoms with Gasteiger partial charge in [0.25, 0.3) is 5.91 Å². The van der Waals surface area contributed by atoms with Crippen LogP contribution in [0.2, 0.25) is 0 Å². The van der Waals surface area contributed by atoms with Gasteiger partial charge in [-0.05, 0) is 18.6 Å². The maximum absolute atomic E-state index is 11.8. The van der Waals surface area contributed by atoms with E-state index in [2.05, 4.69) is 20.9 Å². The number of carbonyl (C=O) groups excluding carboxylic acids is 1. The Balaban J connectivity index is 1.99. The molecule has 0 radical (unpaired) electrons. The molecule has 1 aliphatic heterocycles. The molecule has 0 aromatic carbocycles. The molecule has 1 aromatic rings. The first-order valence-electron chi connectivity index (χ1n) is 5.32. The first kappa shape index (κ1) is 12.7. The molecule has 0 spiro atoms. The van der Waals surface area contributed by atoms with Crippen molar-refractivity contribution >= 4 is 21.6 Å². The van der Waals surface area contributed by atoms with Crippen LogP contribution in [-0.4, -0.2) is 42.1 Å². The van der Waals surface area contributed by atoms with Crippen LogP contribution in [0.1, 0.15) is 16.9 Å². The summed E-state index contributed by atoms with van der Waals surface area (Å²) in [7, 11) is -3.01. The second-order valence-electron chi connectivity index (χ2n) is 4.02. The quantitative estimate of drug-likeness (QED) is 0.459. The van der Waals surface area contributed by atoms with Crippen LogP contribution in [0.4, 0.5) is 5.82 Å². The molecule has 1 unspecified atom stereocenters. The fourth-order valence-electron chi connectivity index (χ4n) is 1.70. The van der Waals surface area contributed by atoms with Gasteiger partial charge >= 0.3 is 0 Å². The highest BCUT2D eigenvalue weighted by Crippen LogP contribution is 2.11. The van der Waals surface area contributed by atoms with Gasteiger partial charge in [0, 0.05) is 6.04 Å². The maximum atomic E-state index is 11.8. The Morgan fingerprint density at radius 3 is 2.67 bits per heavy atom. The average Bonchev–Trinajstić information content (AvgIpc) is 2.68. The van der Waals surface area contributed by atoms with E-state index in [9.17, 15) is 13.2 Å². The summed E-state index contributed by atoms with van der Waals surface area (Å²) in [6, 6.07) is 2.62. The Hall–Kier alpha value is -1.74. The van der Waals surface area contributed by atoms with Crippen LogP contribution in [0, 0.1) is 0 Å². The Labute approximate surface area is 104 Å². The van der Waals surface area contributed by atoms with E-state index in [1.54, 1.807) is 0 Å². The van der Waals surface area contributed by atoms with Crippen LogP contribution in [0.25, 0.3) is 0 Å². The normalized spacial score (nSPS) is 21.5. The summed E-state index contributed by atoms with van der Waals surface area (Å²) in [5.74, 6) is 5.12. The van der Waals surface area contributed by atoms with E-state index in [0.29, 0.717) is 12.2 Å². The molecule has 1 amide bonds. The molecule has 1 aliphatic rings. The topological polar surface area (TPSA) is 127 Å². The van der Waals surface area contributed by atoms with Crippen LogP contribution in [0.5, 0.6) is 0 Å². The molecule has 1 atom stereocenters. The lowest BCUT2D eigenvalue weighted by Crippen LogP contribution is -2.36. The number of rotatable bonds is 3. The van der Waals surface area contributed by atoms with E-state index in [4.69, 9.17) is 5.84 Å². The first-order valence-corrected chi connectivity index (χ1v) is 7.14. The zero-order valence-corrected chi connectivity index (χ0v) is 10.3. The molecule has 0 bridgehead atoms.